The first-order chi connectivity index (χ1) is 9.10. The third-order valence-electron chi connectivity index (χ3n) is 2.71. The van der Waals surface area contributed by atoms with E-state index in [1.807, 2.05) is 30.5 Å². The molecule has 0 radical (unpaired) electrons. The number of aliphatic hydroxyl groups is 1. The first kappa shape index (κ1) is 13.9. The molecule has 0 fully saturated rings. The largest absolute Gasteiger partial charge is 0.457 e. The van der Waals surface area contributed by atoms with E-state index in [-0.39, 0.29) is 5.82 Å². The maximum absolute atomic E-state index is 13.2. The fraction of sp³-hybridized carbons (Fsp3) is 0.200. The lowest BCUT2D eigenvalue weighted by Crippen LogP contribution is -1.97. The summed E-state index contributed by atoms with van der Waals surface area (Å²) >= 11 is 1.65. The van der Waals surface area contributed by atoms with Gasteiger partial charge in [-0.15, -0.1) is 11.8 Å². The lowest BCUT2D eigenvalue weighted by atomic mass is 10.1. The van der Waals surface area contributed by atoms with Crippen molar-refractivity contribution in [3.8, 4) is 11.5 Å². The predicted molar refractivity (Wildman–Crippen MR) is 75.3 cm³/mol. The van der Waals surface area contributed by atoms with Gasteiger partial charge in [0, 0.05) is 10.5 Å². The molecule has 0 aliphatic heterocycles. The van der Waals surface area contributed by atoms with Crippen LogP contribution in [-0.2, 0) is 0 Å². The monoisotopic (exact) mass is 278 g/mol. The molecule has 1 N–H and O–H groups in total. The molecule has 19 heavy (non-hydrogen) atoms. The minimum Gasteiger partial charge on any atom is -0.457 e. The molecule has 4 heteroatoms. The van der Waals surface area contributed by atoms with Gasteiger partial charge in [0.1, 0.15) is 17.3 Å². The molecule has 1 unspecified atom stereocenters. The number of halogens is 1. The number of hydrogen-bond donors (Lipinski definition) is 1. The molecule has 0 bridgehead atoms. The van der Waals surface area contributed by atoms with Gasteiger partial charge >= 0.3 is 0 Å². The summed E-state index contributed by atoms with van der Waals surface area (Å²) in [5, 5.41) is 9.64. The molecule has 2 nitrogen and oxygen atoms in total. The van der Waals surface area contributed by atoms with Gasteiger partial charge in [0.2, 0.25) is 0 Å². The molecule has 0 aliphatic rings. The van der Waals surface area contributed by atoms with Crippen molar-refractivity contribution in [3.05, 3.63) is 53.8 Å². The fourth-order valence-electron chi connectivity index (χ4n) is 1.71. The third-order valence-corrected chi connectivity index (χ3v) is 3.45. The van der Waals surface area contributed by atoms with E-state index in [4.69, 9.17) is 4.74 Å². The van der Waals surface area contributed by atoms with Gasteiger partial charge in [-0.3, -0.25) is 0 Å². The van der Waals surface area contributed by atoms with Crippen LogP contribution in [0.4, 0.5) is 4.39 Å². The Hall–Kier alpha value is -1.52. The summed E-state index contributed by atoms with van der Waals surface area (Å²) in [5.41, 5.74) is 0.439. The van der Waals surface area contributed by atoms with Gasteiger partial charge in [-0.05, 0) is 55.6 Å². The van der Waals surface area contributed by atoms with E-state index in [0.29, 0.717) is 17.1 Å². The highest BCUT2D eigenvalue weighted by molar-refractivity contribution is 7.98. The average Bonchev–Trinajstić information content (AvgIpc) is 2.41. The van der Waals surface area contributed by atoms with Crippen molar-refractivity contribution in [2.45, 2.75) is 17.9 Å². The smallest absolute Gasteiger partial charge is 0.133 e. The molecule has 0 aliphatic carbocycles. The number of rotatable bonds is 4. The van der Waals surface area contributed by atoms with E-state index in [0.717, 1.165) is 4.90 Å². The second-order valence-electron chi connectivity index (χ2n) is 4.14. The van der Waals surface area contributed by atoms with Crippen molar-refractivity contribution in [1.82, 2.24) is 0 Å². The number of ether oxygens (including phenoxy) is 1. The van der Waals surface area contributed by atoms with Crippen LogP contribution in [0, 0.1) is 5.82 Å². The maximum Gasteiger partial charge on any atom is 0.133 e. The number of benzene rings is 2. The Morgan fingerprint density at radius 3 is 2.42 bits per heavy atom. The average molecular weight is 278 g/mol. The summed E-state index contributed by atoms with van der Waals surface area (Å²) in [5.74, 6) is 0.737. The van der Waals surface area contributed by atoms with E-state index in [1.54, 1.807) is 18.7 Å². The quantitative estimate of drug-likeness (QED) is 0.841. The Morgan fingerprint density at radius 2 is 1.84 bits per heavy atom. The fourth-order valence-corrected chi connectivity index (χ4v) is 2.12. The van der Waals surface area contributed by atoms with Gasteiger partial charge in [-0.2, -0.15) is 0 Å². The Labute approximate surface area is 116 Å². The van der Waals surface area contributed by atoms with Crippen LogP contribution >= 0.6 is 11.8 Å². The summed E-state index contributed by atoms with van der Waals surface area (Å²) in [7, 11) is 0. The van der Waals surface area contributed by atoms with Crippen molar-refractivity contribution in [2.75, 3.05) is 6.26 Å². The Balaban J connectivity index is 2.26. The highest BCUT2D eigenvalue weighted by Gasteiger charge is 2.11. The molecular formula is C15H15FO2S. The zero-order valence-electron chi connectivity index (χ0n) is 10.8. The van der Waals surface area contributed by atoms with Crippen molar-refractivity contribution in [2.24, 2.45) is 0 Å². The molecule has 1 atom stereocenters. The minimum absolute atomic E-state index is 0.388. The molecule has 0 saturated carbocycles. The van der Waals surface area contributed by atoms with Crippen LogP contribution in [0.3, 0.4) is 0 Å². The van der Waals surface area contributed by atoms with Crippen molar-refractivity contribution in [3.63, 3.8) is 0 Å². The van der Waals surface area contributed by atoms with Crippen LogP contribution in [-0.4, -0.2) is 11.4 Å². The lowest BCUT2D eigenvalue weighted by molar-refractivity contribution is 0.195. The lowest BCUT2D eigenvalue weighted by Gasteiger charge is -2.13. The molecule has 0 aromatic heterocycles. The number of thioether (sulfide) groups is 1. The summed E-state index contributed by atoms with van der Waals surface area (Å²) in [6.45, 7) is 1.58. The van der Waals surface area contributed by atoms with Crippen molar-refractivity contribution in [1.29, 1.82) is 0 Å². The molecule has 2 rings (SSSR count). The second-order valence-corrected chi connectivity index (χ2v) is 5.02. The first-order valence-corrected chi connectivity index (χ1v) is 7.12. The maximum atomic E-state index is 13.2. The van der Waals surface area contributed by atoms with Crippen LogP contribution in [0.5, 0.6) is 11.5 Å². The summed E-state index contributed by atoms with van der Waals surface area (Å²) < 4.78 is 18.9. The summed E-state index contributed by atoms with van der Waals surface area (Å²) in [4.78, 5) is 1.14. The zero-order valence-corrected chi connectivity index (χ0v) is 11.6. The van der Waals surface area contributed by atoms with E-state index in [2.05, 4.69) is 0 Å². The van der Waals surface area contributed by atoms with Crippen LogP contribution in [0.2, 0.25) is 0 Å². The number of hydrogen-bond acceptors (Lipinski definition) is 3. The normalized spacial score (nSPS) is 12.2. The molecular weight excluding hydrogens is 263 g/mol. The SMILES string of the molecule is CSc1ccc(Oc2ccc(F)cc2C(C)O)cc1. The third kappa shape index (κ3) is 3.49. The van der Waals surface area contributed by atoms with Crippen molar-refractivity contribution >= 4 is 11.8 Å². The van der Waals surface area contributed by atoms with E-state index in [1.165, 1.54) is 18.2 Å². The highest BCUT2D eigenvalue weighted by Crippen LogP contribution is 2.31. The molecule has 0 spiro atoms. The minimum atomic E-state index is -0.781. The van der Waals surface area contributed by atoms with Gasteiger partial charge in [0.05, 0.1) is 6.10 Å². The topological polar surface area (TPSA) is 29.5 Å². The molecule has 0 amide bonds. The first-order valence-electron chi connectivity index (χ1n) is 5.89. The second kappa shape index (κ2) is 6.08. The van der Waals surface area contributed by atoms with Crippen LogP contribution in [0.1, 0.15) is 18.6 Å². The molecule has 2 aromatic carbocycles. The summed E-state index contributed by atoms with van der Waals surface area (Å²) in [6, 6.07) is 11.7. The Bertz CT molecular complexity index is 553. The van der Waals surface area contributed by atoms with Gasteiger partial charge in [-0.1, -0.05) is 0 Å². The molecule has 100 valence electrons. The zero-order chi connectivity index (χ0) is 13.8. The molecule has 0 saturated heterocycles. The highest BCUT2D eigenvalue weighted by atomic mass is 32.2. The molecule has 2 aromatic rings. The van der Waals surface area contributed by atoms with Gasteiger partial charge in [0.15, 0.2) is 0 Å². The van der Waals surface area contributed by atoms with E-state index in [9.17, 15) is 9.50 Å². The predicted octanol–water partition coefficient (Wildman–Crippen LogP) is 4.39. The van der Waals surface area contributed by atoms with Gasteiger partial charge in [0.25, 0.3) is 0 Å². The summed E-state index contributed by atoms with van der Waals surface area (Å²) in [6.07, 6.45) is 1.22. The van der Waals surface area contributed by atoms with Gasteiger partial charge in [-0.25, -0.2) is 4.39 Å². The standard InChI is InChI=1S/C15H15FO2S/c1-10(17)14-9-11(16)3-8-15(14)18-12-4-6-13(19-2)7-5-12/h3-10,17H,1-2H3. The van der Waals surface area contributed by atoms with Crippen LogP contribution in [0.25, 0.3) is 0 Å². The van der Waals surface area contributed by atoms with Crippen molar-refractivity contribution < 1.29 is 14.2 Å². The molecule has 0 heterocycles. The van der Waals surface area contributed by atoms with E-state index >= 15 is 0 Å². The Morgan fingerprint density at radius 1 is 1.16 bits per heavy atom. The van der Waals surface area contributed by atoms with Crippen LogP contribution < -0.4 is 4.74 Å². The Kier molecular flexibility index (Phi) is 4.45. The number of aliphatic hydroxyl groups excluding tert-OH is 1. The van der Waals surface area contributed by atoms with E-state index < -0.39 is 6.10 Å². The van der Waals surface area contributed by atoms with Crippen LogP contribution in [0.15, 0.2) is 47.4 Å². The van der Waals surface area contributed by atoms with Gasteiger partial charge < -0.3 is 9.84 Å².